The molecule has 0 radical (unpaired) electrons. The molecule has 0 amide bonds. The molecule has 1 N–H and O–H groups in total. The summed E-state index contributed by atoms with van der Waals surface area (Å²) in [5.41, 5.74) is 1.26. The van der Waals surface area contributed by atoms with Crippen molar-refractivity contribution in [3.63, 3.8) is 0 Å². The van der Waals surface area contributed by atoms with E-state index >= 15 is 0 Å². The molecule has 0 saturated carbocycles. The molecule has 2 saturated heterocycles. The maximum absolute atomic E-state index is 6.08. The summed E-state index contributed by atoms with van der Waals surface area (Å²) in [6, 6.07) is 8.22. The van der Waals surface area contributed by atoms with E-state index in [1.807, 2.05) is 12.1 Å². The molecule has 0 aliphatic carbocycles. The molecule has 2 aliphatic heterocycles. The number of piperidine rings is 1. The molecule has 20 heavy (non-hydrogen) atoms. The maximum Gasteiger partial charge on any atom is 0.0426 e. The fourth-order valence-electron chi connectivity index (χ4n) is 3.29. The van der Waals surface area contributed by atoms with Gasteiger partial charge in [-0.1, -0.05) is 17.7 Å². The van der Waals surface area contributed by atoms with Gasteiger partial charge >= 0.3 is 0 Å². The predicted octanol–water partition coefficient (Wildman–Crippen LogP) is 2.46. The van der Waals surface area contributed by atoms with Crippen molar-refractivity contribution in [1.82, 2.24) is 10.2 Å². The number of rotatable bonds is 3. The summed E-state index contributed by atoms with van der Waals surface area (Å²) >= 11 is 6.08. The van der Waals surface area contributed by atoms with Crippen LogP contribution in [-0.2, 0) is 0 Å². The van der Waals surface area contributed by atoms with E-state index in [1.54, 1.807) is 0 Å². The van der Waals surface area contributed by atoms with Crippen molar-refractivity contribution < 1.29 is 0 Å². The highest BCUT2D eigenvalue weighted by molar-refractivity contribution is 6.30. The van der Waals surface area contributed by atoms with E-state index in [0.717, 1.165) is 24.0 Å². The van der Waals surface area contributed by atoms with Crippen LogP contribution in [-0.4, -0.2) is 50.7 Å². The van der Waals surface area contributed by atoms with Gasteiger partial charge in [-0.15, -0.1) is 0 Å². The van der Waals surface area contributed by atoms with Crippen LogP contribution >= 0.6 is 11.6 Å². The van der Waals surface area contributed by atoms with Gasteiger partial charge in [0.2, 0.25) is 0 Å². The van der Waals surface area contributed by atoms with Gasteiger partial charge in [0, 0.05) is 43.4 Å². The number of benzene rings is 1. The van der Waals surface area contributed by atoms with Gasteiger partial charge in [0.15, 0.2) is 0 Å². The zero-order chi connectivity index (χ0) is 13.8. The van der Waals surface area contributed by atoms with Crippen molar-refractivity contribution in [1.29, 1.82) is 0 Å². The smallest absolute Gasteiger partial charge is 0.0426 e. The molecular weight excluding hydrogens is 270 g/mol. The van der Waals surface area contributed by atoms with Gasteiger partial charge in [-0.25, -0.2) is 0 Å². The fraction of sp³-hybridized carbons (Fsp3) is 0.625. The summed E-state index contributed by atoms with van der Waals surface area (Å²) in [6.07, 6.45) is 2.68. The van der Waals surface area contributed by atoms with E-state index in [-0.39, 0.29) is 0 Å². The minimum absolute atomic E-state index is 0.833. The van der Waals surface area contributed by atoms with Gasteiger partial charge in [0.05, 0.1) is 0 Å². The minimum atomic E-state index is 0.833. The lowest BCUT2D eigenvalue weighted by Gasteiger charge is -2.38. The number of nitrogens with one attached hydrogen (secondary N) is 1. The average Bonchev–Trinajstić information content (AvgIpc) is 2.49. The first kappa shape index (κ1) is 14.2. The zero-order valence-electron chi connectivity index (χ0n) is 12.0. The van der Waals surface area contributed by atoms with Crippen molar-refractivity contribution in [3.05, 3.63) is 29.3 Å². The standard InChI is InChI=1S/C16H24ClN3/c17-15-2-1-3-16(12-15)20-10-8-19(9-11-20)13-14-4-6-18-7-5-14/h1-3,12,14,18H,4-11,13H2. The van der Waals surface area contributed by atoms with E-state index in [9.17, 15) is 0 Å². The van der Waals surface area contributed by atoms with Crippen molar-refractivity contribution in [2.45, 2.75) is 12.8 Å². The Bertz CT molecular complexity index is 423. The Labute approximate surface area is 126 Å². The van der Waals surface area contributed by atoms with Gasteiger partial charge in [-0.05, 0) is 50.0 Å². The molecular formula is C16H24ClN3. The number of hydrogen-bond donors (Lipinski definition) is 1. The van der Waals surface area contributed by atoms with Crippen LogP contribution in [0.3, 0.4) is 0 Å². The zero-order valence-corrected chi connectivity index (χ0v) is 12.8. The average molecular weight is 294 g/mol. The molecule has 2 heterocycles. The fourth-order valence-corrected chi connectivity index (χ4v) is 3.48. The third-order valence-corrected chi connectivity index (χ3v) is 4.76. The predicted molar refractivity (Wildman–Crippen MR) is 85.7 cm³/mol. The van der Waals surface area contributed by atoms with Gasteiger partial charge in [-0.3, -0.25) is 4.90 Å². The third-order valence-electron chi connectivity index (χ3n) is 4.52. The largest absolute Gasteiger partial charge is 0.369 e. The molecule has 110 valence electrons. The molecule has 1 aromatic rings. The van der Waals surface area contributed by atoms with Gasteiger partial charge < -0.3 is 10.2 Å². The van der Waals surface area contributed by atoms with Crippen LogP contribution in [0.15, 0.2) is 24.3 Å². The summed E-state index contributed by atoms with van der Waals surface area (Å²) in [7, 11) is 0. The Morgan fingerprint density at radius 2 is 1.85 bits per heavy atom. The Balaban J connectivity index is 1.49. The summed E-state index contributed by atoms with van der Waals surface area (Å²) in [5.74, 6) is 0.897. The van der Waals surface area contributed by atoms with E-state index < -0.39 is 0 Å². The monoisotopic (exact) mass is 293 g/mol. The first-order valence-corrected chi connectivity index (χ1v) is 8.12. The van der Waals surface area contributed by atoms with Crippen LogP contribution in [0.1, 0.15) is 12.8 Å². The van der Waals surface area contributed by atoms with Crippen LogP contribution < -0.4 is 10.2 Å². The van der Waals surface area contributed by atoms with Gasteiger partial charge in [0.25, 0.3) is 0 Å². The van der Waals surface area contributed by atoms with Crippen LogP contribution in [0.2, 0.25) is 5.02 Å². The lowest BCUT2D eigenvalue weighted by atomic mass is 9.97. The van der Waals surface area contributed by atoms with Crippen molar-refractivity contribution in [2.24, 2.45) is 5.92 Å². The summed E-state index contributed by atoms with van der Waals surface area (Å²) < 4.78 is 0. The van der Waals surface area contributed by atoms with Crippen molar-refractivity contribution in [2.75, 3.05) is 50.7 Å². The van der Waals surface area contributed by atoms with Crippen LogP contribution in [0.4, 0.5) is 5.69 Å². The quantitative estimate of drug-likeness (QED) is 0.924. The first-order chi connectivity index (χ1) is 9.81. The highest BCUT2D eigenvalue weighted by Crippen LogP contribution is 2.21. The van der Waals surface area contributed by atoms with Crippen LogP contribution in [0, 0.1) is 5.92 Å². The molecule has 2 fully saturated rings. The molecule has 0 spiro atoms. The Hall–Kier alpha value is -0.770. The first-order valence-electron chi connectivity index (χ1n) is 7.75. The molecule has 0 atom stereocenters. The SMILES string of the molecule is Clc1cccc(N2CCN(CC3CCNCC3)CC2)c1. The summed E-state index contributed by atoms with van der Waals surface area (Å²) in [6.45, 7) is 8.27. The number of anilines is 1. The Morgan fingerprint density at radius 3 is 2.55 bits per heavy atom. The van der Waals surface area contributed by atoms with E-state index in [1.165, 1.54) is 51.3 Å². The summed E-state index contributed by atoms with van der Waals surface area (Å²) in [5, 5.41) is 4.28. The number of halogens is 1. The molecule has 0 unspecified atom stereocenters. The molecule has 4 heteroatoms. The second-order valence-electron chi connectivity index (χ2n) is 5.96. The van der Waals surface area contributed by atoms with Gasteiger partial charge in [-0.2, -0.15) is 0 Å². The second kappa shape index (κ2) is 6.79. The number of hydrogen-bond acceptors (Lipinski definition) is 3. The Morgan fingerprint density at radius 1 is 1.10 bits per heavy atom. The highest BCUT2D eigenvalue weighted by Gasteiger charge is 2.21. The lowest BCUT2D eigenvalue weighted by Crippen LogP contribution is -2.48. The highest BCUT2D eigenvalue weighted by atomic mass is 35.5. The van der Waals surface area contributed by atoms with Gasteiger partial charge in [0.1, 0.15) is 0 Å². The molecule has 2 aliphatic rings. The maximum atomic E-state index is 6.08. The number of piperazine rings is 1. The topological polar surface area (TPSA) is 18.5 Å². The lowest BCUT2D eigenvalue weighted by molar-refractivity contribution is 0.196. The molecule has 1 aromatic carbocycles. The van der Waals surface area contributed by atoms with Crippen LogP contribution in [0.25, 0.3) is 0 Å². The van der Waals surface area contributed by atoms with E-state index in [2.05, 4.69) is 27.2 Å². The number of nitrogens with zero attached hydrogens (tertiary/aromatic N) is 2. The van der Waals surface area contributed by atoms with Crippen LogP contribution in [0.5, 0.6) is 0 Å². The van der Waals surface area contributed by atoms with Crippen molar-refractivity contribution in [3.8, 4) is 0 Å². The second-order valence-corrected chi connectivity index (χ2v) is 6.40. The van der Waals surface area contributed by atoms with Crippen molar-refractivity contribution >= 4 is 17.3 Å². The third kappa shape index (κ3) is 3.66. The molecule has 0 aromatic heterocycles. The molecule has 3 nitrogen and oxygen atoms in total. The minimum Gasteiger partial charge on any atom is -0.369 e. The molecule has 3 rings (SSSR count). The normalized spacial score (nSPS) is 22.1. The van der Waals surface area contributed by atoms with E-state index in [0.29, 0.717) is 0 Å². The molecule has 0 bridgehead atoms. The van der Waals surface area contributed by atoms with E-state index in [4.69, 9.17) is 11.6 Å². The Kier molecular flexibility index (Phi) is 4.81. The summed E-state index contributed by atoms with van der Waals surface area (Å²) in [4.78, 5) is 5.09.